The van der Waals surface area contributed by atoms with Crippen LogP contribution < -0.4 is 4.90 Å². The van der Waals surface area contributed by atoms with Crippen LogP contribution in [0.5, 0.6) is 0 Å². The van der Waals surface area contributed by atoms with Gasteiger partial charge in [0.2, 0.25) is 0 Å². The summed E-state index contributed by atoms with van der Waals surface area (Å²) in [5.74, 6) is 0. The fraction of sp³-hybridized carbons (Fsp3) is 0. The number of anilines is 3. The molecule has 0 bridgehead atoms. The fourth-order valence-corrected chi connectivity index (χ4v) is 9.01. The highest BCUT2D eigenvalue weighted by atomic mass is 15.1. The summed E-state index contributed by atoms with van der Waals surface area (Å²) in [5, 5.41) is 2.43. The van der Waals surface area contributed by atoms with Crippen molar-refractivity contribution in [3.8, 4) is 61.3 Å². The number of nitrogens with zero attached hydrogens (tertiary/aromatic N) is 2. The molecule has 0 saturated carbocycles. The first-order valence-electron chi connectivity index (χ1n) is 21.3. The van der Waals surface area contributed by atoms with Gasteiger partial charge in [0.15, 0.2) is 0 Å². The van der Waals surface area contributed by atoms with Crippen LogP contribution >= 0.6 is 0 Å². The van der Waals surface area contributed by atoms with Crippen molar-refractivity contribution in [2.45, 2.75) is 0 Å². The average Bonchev–Trinajstić information content (AvgIpc) is 3.70. The van der Waals surface area contributed by atoms with Crippen molar-refractivity contribution in [3.05, 3.63) is 255 Å². The Kier molecular flexibility index (Phi) is 9.57. The molecule has 0 aliphatic rings. The minimum Gasteiger partial charge on any atom is -0.311 e. The molecule has 1 heterocycles. The van der Waals surface area contributed by atoms with E-state index in [1.54, 1.807) is 0 Å². The van der Waals surface area contributed by atoms with Crippen LogP contribution in [0.4, 0.5) is 17.1 Å². The van der Waals surface area contributed by atoms with Crippen molar-refractivity contribution in [2.24, 2.45) is 0 Å². The summed E-state index contributed by atoms with van der Waals surface area (Å²) in [6.07, 6.45) is 0. The SMILES string of the molecule is c1ccc(-c2ccc(N(c3ccccc3)c3ccc(-c4cc(-c5ccccc5)cc5c6cc(-c7ccccc7)cc(-c7ccccc7)c6n(-c6ccccc6)c45)cc3)cc2)cc1. The van der Waals surface area contributed by atoms with E-state index in [9.17, 15) is 0 Å². The molecule has 0 N–H and O–H groups in total. The molecule has 0 fully saturated rings. The Bertz CT molecular complexity index is 3270. The molecule has 62 heavy (non-hydrogen) atoms. The van der Waals surface area contributed by atoms with E-state index >= 15 is 0 Å². The van der Waals surface area contributed by atoms with Crippen LogP contribution in [0.1, 0.15) is 0 Å². The number of para-hydroxylation sites is 2. The van der Waals surface area contributed by atoms with Crippen LogP contribution in [-0.2, 0) is 0 Å². The van der Waals surface area contributed by atoms with E-state index in [0.717, 1.165) is 28.3 Å². The third-order valence-electron chi connectivity index (χ3n) is 12.0. The molecule has 10 aromatic carbocycles. The van der Waals surface area contributed by atoms with Gasteiger partial charge in [0, 0.05) is 44.6 Å². The van der Waals surface area contributed by atoms with E-state index in [2.05, 4.69) is 264 Å². The molecular weight excluding hydrogens is 749 g/mol. The Morgan fingerprint density at radius 2 is 0.548 bits per heavy atom. The number of rotatable bonds is 9. The zero-order chi connectivity index (χ0) is 41.2. The zero-order valence-corrected chi connectivity index (χ0v) is 34.1. The first kappa shape index (κ1) is 36.8. The molecule has 0 unspecified atom stereocenters. The van der Waals surface area contributed by atoms with E-state index in [0.29, 0.717) is 0 Å². The fourth-order valence-electron chi connectivity index (χ4n) is 9.01. The third-order valence-corrected chi connectivity index (χ3v) is 12.0. The molecule has 11 rings (SSSR count). The number of hydrogen-bond acceptors (Lipinski definition) is 1. The number of benzene rings is 10. The Morgan fingerprint density at radius 3 is 0.984 bits per heavy atom. The van der Waals surface area contributed by atoms with Crippen LogP contribution in [0.2, 0.25) is 0 Å². The summed E-state index contributed by atoms with van der Waals surface area (Å²) in [4.78, 5) is 2.34. The second-order valence-electron chi connectivity index (χ2n) is 15.7. The van der Waals surface area contributed by atoms with Crippen LogP contribution in [0.25, 0.3) is 83.1 Å². The van der Waals surface area contributed by atoms with Crippen LogP contribution in [0.15, 0.2) is 255 Å². The third kappa shape index (κ3) is 6.84. The zero-order valence-electron chi connectivity index (χ0n) is 34.1. The molecule has 0 spiro atoms. The minimum absolute atomic E-state index is 1.09. The molecular formula is C60H42N2. The maximum absolute atomic E-state index is 2.50. The predicted molar refractivity (Wildman–Crippen MR) is 263 cm³/mol. The lowest BCUT2D eigenvalue weighted by Gasteiger charge is -2.26. The Hall–Kier alpha value is -8.20. The van der Waals surface area contributed by atoms with E-state index in [4.69, 9.17) is 0 Å². The molecule has 2 nitrogen and oxygen atoms in total. The molecule has 0 radical (unpaired) electrons. The van der Waals surface area contributed by atoms with E-state index < -0.39 is 0 Å². The second-order valence-corrected chi connectivity index (χ2v) is 15.7. The minimum atomic E-state index is 1.09. The summed E-state index contributed by atoms with van der Waals surface area (Å²) in [7, 11) is 0. The molecule has 0 amide bonds. The Balaban J connectivity index is 1.16. The summed E-state index contributed by atoms with van der Waals surface area (Å²) >= 11 is 0. The maximum Gasteiger partial charge on any atom is 0.0620 e. The van der Waals surface area contributed by atoms with Gasteiger partial charge in [-0.25, -0.2) is 0 Å². The molecule has 1 aromatic heterocycles. The van der Waals surface area contributed by atoms with Gasteiger partial charge in [0.1, 0.15) is 0 Å². The molecule has 11 aromatic rings. The molecule has 0 saturated heterocycles. The van der Waals surface area contributed by atoms with Crippen LogP contribution in [0, 0.1) is 0 Å². The van der Waals surface area contributed by atoms with E-state index in [-0.39, 0.29) is 0 Å². The van der Waals surface area contributed by atoms with Gasteiger partial charge in [-0.2, -0.15) is 0 Å². The monoisotopic (exact) mass is 790 g/mol. The van der Waals surface area contributed by atoms with Gasteiger partial charge in [0.25, 0.3) is 0 Å². The van der Waals surface area contributed by atoms with E-state index in [1.165, 1.54) is 71.9 Å². The van der Waals surface area contributed by atoms with Gasteiger partial charge in [-0.1, -0.05) is 182 Å². The summed E-state index contributed by atoms with van der Waals surface area (Å²) in [6.45, 7) is 0. The highest BCUT2D eigenvalue weighted by Gasteiger charge is 2.23. The topological polar surface area (TPSA) is 8.17 Å². The van der Waals surface area contributed by atoms with Crippen molar-refractivity contribution in [1.82, 2.24) is 4.57 Å². The molecule has 0 atom stereocenters. The molecule has 292 valence electrons. The van der Waals surface area contributed by atoms with Gasteiger partial charge in [0.05, 0.1) is 11.0 Å². The first-order valence-corrected chi connectivity index (χ1v) is 21.3. The normalized spacial score (nSPS) is 11.2. The second kappa shape index (κ2) is 16.1. The number of aromatic nitrogens is 1. The van der Waals surface area contributed by atoms with Crippen molar-refractivity contribution >= 4 is 38.9 Å². The largest absolute Gasteiger partial charge is 0.311 e. The number of hydrogen-bond donors (Lipinski definition) is 0. The highest BCUT2D eigenvalue weighted by Crippen LogP contribution is 2.46. The van der Waals surface area contributed by atoms with Crippen molar-refractivity contribution in [1.29, 1.82) is 0 Å². The highest BCUT2D eigenvalue weighted by molar-refractivity contribution is 6.19. The summed E-state index contributed by atoms with van der Waals surface area (Å²) < 4.78 is 2.50. The Labute approximate surface area is 362 Å². The molecule has 0 aliphatic carbocycles. The lowest BCUT2D eigenvalue weighted by molar-refractivity contribution is 1.18. The van der Waals surface area contributed by atoms with Crippen molar-refractivity contribution in [2.75, 3.05) is 4.90 Å². The average molecular weight is 791 g/mol. The Morgan fingerprint density at radius 1 is 0.242 bits per heavy atom. The molecule has 0 aliphatic heterocycles. The standard InChI is InChI=1S/C60H42N2/c1-7-19-43(20-8-1)46-31-35-53(36-32-46)61(51-27-15-5-16-28-51)54-37-33-48(34-38-54)56-40-50(45-23-11-3-12-24-45)42-58-57-41-49(44-21-9-2-10-22-44)39-55(47-25-13-4-14-26-47)59(57)62(60(56)58)52-29-17-6-18-30-52/h1-42H. The van der Waals surface area contributed by atoms with Gasteiger partial charge < -0.3 is 9.47 Å². The van der Waals surface area contributed by atoms with Crippen molar-refractivity contribution < 1.29 is 0 Å². The van der Waals surface area contributed by atoms with Gasteiger partial charge in [-0.15, -0.1) is 0 Å². The molecule has 2 heteroatoms. The number of fused-ring (bicyclic) bond motifs is 3. The van der Waals surface area contributed by atoms with Crippen LogP contribution in [0.3, 0.4) is 0 Å². The first-order chi connectivity index (χ1) is 30.8. The predicted octanol–water partition coefficient (Wildman–Crippen LogP) is 16.6. The smallest absolute Gasteiger partial charge is 0.0620 e. The lowest BCUT2D eigenvalue weighted by atomic mass is 9.93. The summed E-state index contributed by atoms with van der Waals surface area (Å²) in [5.41, 5.74) is 18.6. The summed E-state index contributed by atoms with van der Waals surface area (Å²) in [6, 6.07) is 92.1. The van der Waals surface area contributed by atoms with Crippen LogP contribution in [-0.4, -0.2) is 4.57 Å². The quantitative estimate of drug-likeness (QED) is 0.141. The van der Waals surface area contributed by atoms with Gasteiger partial charge in [-0.3, -0.25) is 0 Å². The maximum atomic E-state index is 2.50. The lowest BCUT2D eigenvalue weighted by Crippen LogP contribution is -2.09. The van der Waals surface area contributed by atoms with E-state index in [1.807, 2.05) is 0 Å². The van der Waals surface area contributed by atoms with Gasteiger partial charge >= 0.3 is 0 Å². The van der Waals surface area contributed by atoms with Crippen molar-refractivity contribution in [3.63, 3.8) is 0 Å². The van der Waals surface area contributed by atoms with Gasteiger partial charge in [-0.05, 0) is 117 Å².